The average Bonchev–Trinajstić information content (AvgIpc) is 2.20. The number of carboxylic acid groups (broad SMARTS) is 1. The van der Waals surface area contributed by atoms with Crippen LogP contribution >= 0.6 is 0 Å². The van der Waals surface area contributed by atoms with Crippen LogP contribution in [0, 0.1) is 17.2 Å². The summed E-state index contributed by atoms with van der Waals surface area (Å²) >= 11 is 0. The van der Waals surface area contributed by atoms with E-state index in [1.807, 2.05) is 30.3 Å². The number of benzene rings is 1. The van der Waals surface area contributed by atoms with Crippen molar-refractivity contribution in [3.63, 3.8) is 0 Å². The van der Waals surface area contributed by atoms with E-state index in [1.165, 1.54) is 6.08 Å². The van der Waals surface area contributed by atoms with Crippen molar-refractivity contribution in [1.82, 2.24) is 0 Å². The Hall–Kier alpha value is -2.08. The number of carbonyl (C=O) groups is 1. The van der Waals surface area contributed by atoms with E-state index >= 15 is 0 Å². The minimum Gasteiger partial charge on any atom is -0.480 e. The molecule has 1 unspecified atom stereocenters. The maximum absolute atomic E-state index is 10.5. The fraction of sp³-hybridized carbons (Fsp3) is 0.0909. The molecule has 1 rings (SSSR count). The van der Waals surface area contributed by atoms with Gasteiger partial charge < -0.3 is 5.11 Å². The second-order valence-corrected chi connectivity index (χ2v) is 2.71. The van der Waals surface area contributed by atoms with Gasteiger partial charge in [0.15, 0.2) is 5.92 Å². The van der Waals surface area contributed by atoms with Crippen molar-refractivity contribution in [1.29, 1.82) is 5.26 Å². The third kappa shape index (κ3) is 2.76. The van der Waals surface area contributed by atoms with Gasteiger partial charge in [0, 0.05) is 0 Å². The van der Waals surface area contributed by atoms with E-state index in [0.29, 0.717) is 0 Å². The number of carboxylic acids is 1. The Kier molecular flexibility index (Phi) is 3.45. The van der Waals surface area contributed by atoms with Gasteiger partial charge in [0.25, 0.3) is 0 Å². The number of hydrogen-bond acceptors (Lipinski definition) is 2. The lowest BCUT2D eigenvalue weighted by Crippen LogP contribution is -2.07. The highest BCUT2D eigenvalue weighted by molar-refractivity contribution is 5.76. The van der Waals surface area contributed by atoms with Gasteiger partial charge in [-0.1, -0.05) is 42.5 Å². The molecule has 0 bridgehead atoms. The van der Waals surface area contributed by atoms with E-state index in [4.69, 9.17) is 10.4 Å². The van der Waals surface area contributed by atoms with E-state index in [-0.39, 0.29) is 0 Å². The van der Waals surface area contributed by atoms with Crippen molar-refractivity contribution in [3.05, 3.63) is 42.0 Å². The first-order valence-electron chi connectivity index (χ1n) is 4.09. The zero-order valence-electron chi connectivity index (χ0n) is 7.42. The maximum atomic E-state index is 10.5. The summed E-state index contributed by atoms with van der Waals surface area (Å²) in [5.41, 5.74) is 0.883. The number of nitriles is 1. The second-order valence-electron chi connectivity index (χ2n) is 2.71. The standard InChI is InChI=1S/C11H9NO2/c12-8-10(11(13)14)7-6-9-4-2-1-3-5-9/h1-7,10H,(H,13,14). The molecule has 70 valence electrons. The Morgan fingerprint density at radius 2 is 2.07 bits per heavy atom. The van der Waals surface area contributed by atoms with Crippen molar-refractivity contribution in [3.8, 4) is 6.07 Å². The highest BCUT2D eigenvalue weighted by atomic mass is 16.4. The first kappa shape index (κ1) is 10.0. The van der Waals surface area contributed by atoms with Gasteiger partial charge in [-0.15, -0.1) is 0 Å². The normalized spacial score (nSPS) is 12.2. The Morgan fingerprint density at radius 3 is 2.57 bits per heavy atom. The molecular weight excluding hydrogens is 178 g/mol. The molecule has 1 aromatic rings. The number of nitrogens with zero attached hydrogens (tertiary/aromatic N) is 1. The van der Waals surface area contributed by atoms with E-state index in [2.05, 4.69) is 0 Å². The first-order valence-corrected chi connectivity index (χ1v) is 4.09. The number of aliphatic carboxylic acids is 1. The average molecular weight is 187 g/mol. The lowest BCUT2D eigenvalue weighted by molar-refractivity contribution is -0.138. The third-order valence-electron chi connectivity index (χ3n) is 1.69. The van der Waals surface area contributed by atoms with Crippen LogP contribution < -0.4 is 0 Å². The van der Waals surface area contributed by atoms with Crippen LogP contribution in [0.3, 0.4) is 0 Å². The molecule has 0 aliphatic rings. The summed E-state index contributed by atoms with van der Waals surface area (Å²) in [6, 6.07) is 10.9. The van der Waals surface area contributed by atoms with Gasteiger partial charge in [-0.05, 0) is 5.56 Å². The van der Waals surface area contributed by atoms with Crippen LogP contribution in [0.15, 0.2) is 36.4 Å². The van der Waals surface area contributed by atoms with Crippen LogP contribution in [0.5, 0.6) is 0 Å². The fourth-order valence-electron chi connectivity index (χ4n) is 0.952. The fourth-order valence-corrected chi connectivity index (χ4v) is 0.952. The summed E-state index contributed by atoms with van der Waals surface area (Å²) in [4.78, 5) is 10.5. The Bertz CT molecular complexity index is 376. The lowest BCUT2D eigenvalue weighted by Gasteiger charge is -1.95. The molecule has 0 radical (unpaired) electrons. The molecule has 14 heavy (non-hydrogen) atoms. The predicted molar refractivity (Wildman–Crippen MR) is 52.2 cm³/mol. The maximum Gasteiger partial charge on any atom is 0.324 e. The van der Waals surface area contributed by atoms with Crippen molar-refractivity contribution in [2.75, 3.05) is 0 Å². The Labute approximate surface area is 81.9 Å². The molecule has 0 saturated heterocycles. The van der Waals surface area contributed by atoms with Crippen LogP contribution in [-0.4, -0.2) is 11.1 Å². The molecule has 0 heterocycles. The highest BCUT2D eigenvalue weighted by Gasteiger charge is 2.10. The Morgan fingerprint density at radius 1 is 1.43 bits per heavy atom. The highest BCUT2D eigenvalue weighted by Crippen LogP contribution is 2.05. The molecule has 1 aromatic carbocycles. The minimum atomic E-state index is -1.13. The molecule has 0 aliphatic carbocycles. The van der Waals surface area contributed by atoms with Gasteiger partial charge >= 0.3 is 5.97 Å². The molecule has 0 aromatic heterocycles. The Balaban J connectivity index is 2.74. The monoisotopic (exact) mass is 187 g/mol. The summed E-state index contributed by atoms with van der Waals surface area (Å²) in [7, 11) is 0. The minimum absolute atomic E-state index is 0.883. The van der Waals surface area contributed by atoms with Crippen LogP contribution in [-0.2, 0) is 4.79 Å². The molecule has 0 spiro atoms. The predicted octanol–water partition coefficient (Wildman–Crippen LogP) is 1.92. The molecule has 1 N–H and O–H groups in total. The first-order chi connectivity index (χ1) is 6.74. The number of rotatable bonds is 3. The van der Waals surface area contributed by atoms with E-state index in [1.54, 1.807) is 12.1 Å². The summed E-state index contributed by atoms with van der Waals surface area (Å²) in [5.74, 6) is -2.20. The molecule has 0 saturated carbocycles. The van der Waals surface area contributed by atoms with Crippen LogP contribution in [0.25, 0.3) is 6.08 Å². The summed E-state index contributed by atoms with van der Waals surface area (Å²) in [6.45, 7) is 0. The largest absolute Gasteiger partial charge is 0.480 e. The SMILES string of the molecule is N#CC(C=Cc1ccccc1)C(=O)O. The van der Waals surface area contributed by atoms with Gasteiger partial charge in [-0.3, -0.25) is 4.79 Å². The lowest BCUT2D eigenvalue weighted by atomic mass is 10.1. The summed E-state index contributed by atoms with van der Waals surface area (Å²) in [6.07, 6.45) is 3.00. The number of hydrogen-bond donors (Lipinski definition) is 1. The van der Waals surface area contributed by atoms with Gasteiger partial charge in [-0.25, -0.2) is 0 Å². The zero-order chi connectivity index (χ0) is 10.4. The zero-order valence-corrected chi connectivity index (χ0v) is 7.42. The van der Waals surface area contributed by atoms with E-state index in [0.717, 1.165) is 5.56 Å². The van der Waals surface area contributed by atoms with Crippen LogP contribution in [0.4, 0.5) is 0 Å². The van der Waals surface area contributed by atoms with Crippen LogP contribution in [0.2, 0.25) is 0 Å². The van der Waals surface area contributed by atoms with Crippen molar-refractivity contribution in [2.45, 2.75) is 0 Å². The van der Waals surface area contributed by atoms with E-state index in [9.17, 15) is 4.79 Å². The van der Waals surface area contributed by atoms with Crippen molar-refractivity contribution in [2.24, 2.45) is 5.92 Å². The van der Waals surface area contributed by atoms with Gasteiger partial charge in [0.1, 0.15) is 0 Å². The van der Waals surface area contributed by atoms with Crippen LogP contribution in [0.1, 0.15) is 5.56 Å². The molecule has 3 heteroatoms. The smallest absolute Gasteiger partial charge is 0.324 e. The third-order valence-corrected chi connectivity index (χ3v) is 1.69. The molecular formula is C11H9NO2. The van der Waals surface area contributed by atoms with Gasteiger partial charge in [0.2, 0.25) is 0 Å². The van der Waals surface area contributed by atoms with Crippen molar-refractivity contribution >= 4 is 12.0 Å². The molecule has 1 atom stereocenters. The molecule has 0 fully saturated rings. The summed E-state index contributed by atoms with van der Waals surface area (Å²) < 4.78 is 0. The molecule has 3 nitrogen and oxygen atoms in total. The second kappa shape index (κ2) is 4.83. The quantitative estimate of drug-likeness (QED) is 0.786. The molecule has 0 amide bonds. The van der Waals surface area contributed by atoms with E-state index < -0.39 is 11.9 Å². The summed E-state index contributed by atoms with van der Waals surface area (Å²) in [5, 5.41) is 17.1. The molecule has 0 aliphatic heterocycles. The van der Waals surface area contributed by atoms with Gasteiger partial charge in [-0.2, -0.15) is 5.26 Å². The topological polar surface area (TPSA) is 61.1 Å². The van der Waals surface area contributed by atoms with Gasteiger partial charge in [0.05, 0.1) is 6.07 Å². The van der Waals surface area contributed by atoms with Crippen molar-refractivity contribution < 1.29 is 9.90 Å².